The lowest BCUT2D eigenvalue weighted by Crippen LogP contribution is -2.11. The molecule has 1 atom stereocenters. The molecule has 5 nitrogen and oxygen atoms in total. The summed E-state index contributed by atoms with van der Waals surface area (Å²) in [5, 5.41) is 4.11. The third-order valence-electron chi connectivity index (χ3n) is 3.83. The number of hydrogen-bond acceptors (Lipinski definition) is 5. The van der Waals surface area contributed by atoms with Gasteiger partial charge in [0.15, 0.2) is 5.82 Å². The standard InChI is InChI=1S/C12H18N2O3/c1-15-7-5-12(3-4-12)11-13-10(14-17-11)9-2-6-16-8-9/h9H,2-8H2,1H3/t9-/m1/s1. The largest absolute Gasteiger partial charge is 0.385 e. The SMILES string of the molecule is COCCC1(c2nc([C@@H]3CCOC3)no2)CC1. The summed E-state index contributed by atoms with van der Waals surface area (Å²) in [5.74, 6) is 1.95. The molecule has 1 aromatic rings. The summed E-state index contributed by atoms with van der Waals surface area (Å²) in [5.41, 5.74) is 0.112. The van der Waals surface area contributed by atoms with Crippen LogP contribution in [0, 0.1) is 0 Å². The normalized spacial score (nSPS) is 26.3. The van der Waals surface area contributed by atoms with Gasteiger partial charge in [-0.2, -0.15) is 4.98 Å². The van der Waals surface area contributed by atoms with Gasteiger partial charge in [0, 0.05) is 26.2 Å². The van der Waals surface area contributed by atoms with Gasteiger partial charge in [-0.25, -0.2) is 0 Å². The van der Waals surface area contributed by atoms with E-state index in [1.165, 1.54) is 0 Å². The second-order valence-electron chi connectivity index (χ2n) is 5.04. The van der Waals surface area contributed by atoms with Gasteiger partial charge in [-0.05, 0) is 25.7 Å². The van der Waals surface area contributed by atoms with Gasteiger partial charge in [0.25, 0.3) is 0 Å². The predicted molar refractivity (Wildman–Crippen MR) is 59.9 cm³/mol. The fourth-order valence-electron chi connectivity index (χ4n) is 2.37. The molecule has 2 heterocycles. The van der Waals surface area contributed by atoms with Crippen molar-refractivity contribution in [3.63, 3.8) is 0 Å². The Morgan fingerprint density at radius 2 is 2.35 bits per heavy atom. The van der Waals surface area contributed by atoms with Gasteiger partial charge in [0.05, 0.1) is 12.0 Å². The van der Waals surface area contributed by atoms with E-state index in [4.69, 9.17) is 14.0 Å². The first-order valence-electron chi connectivity index (χ1n) is 6.25. The molecule has 0 N–H and O–H groups in total. The summed E-state index contributed by atoms with van der Waals surface area (Å²) in [6.07, 6.45) is 4.26. The predicted octanol–water partition coefficient (Wildman–Crippen LogP) is 1.64. The Bertz CT molecular complexity index is 381. The van der Waals surface area contributed by atoms with E-state index in [9.17, 15) is 0 Å². The lowest BCUT2D eigenvalue weighted by molar-refractivity contribution is 0.177. The van der Waals surface area contributed by atoms with Crippen LogP contribution >= 0.6 is 0 Å². The molecule has 0 spiro atoms. The third-order valence-corrected chi connectivity index (χ3v) is 3.83. The molecule has 3 rings (SSSR count). The van der Waals surface area contributed by atoms with Crippen LogP contribution in [0.2, 0.25) is 0 Å². The fraction of sp³-hybridized carbons (Fsp3) is 0.833. The average Bonchev–Trinajstić information content (AvgIpc) is 2.83. The zero-order valence-electron chi connectivity index (χ0n) is 10.1. The summed E-state index contributed by atoms with van der Waals surface area (Å²) >= 11 is 0. The molecule has 5 heteroatoms. The van der Waals surface area contributed by atoms with Gasteiger partial charge in [-0.3, -0.25) is 0 Å². The topological polar surface area (TPSA) is 57.4 Å². The summed E-state index contributed by atoms with van der Waals surface area (Å²) < 4.78 is 15.9. The van der Waals surface area contributed by atoms with Crippen LogP contribution in [-0.4, -0.2) is 37.1 Å². The van der Waals surface area contributed by atoms with Gasteiger partial charge < -0.3 is 14.0 Å². The molecule has 1 aliphatic heterocycles. The van der Waals surface area contributed by atoms with Gasteiger partial charge in [-0.15, -0.1) is 0 Å². The highest BCUT2D eigenvalue weighted by atomic mass is 16.5. The highest BCUT2D eigenvalue weighted by Crippen LogP contribution is 2.50. The van der Waals surface area contributed by atoms with Crippen molar-refractivity contribution < 1.29 is 14.0 Å². The Morgan fingerprint density at radius 3 is 3.00 bits per heavy atom. The van der Waals surface area contributed by atoms with E-state index in [0.29, 0.717) is 5.92 Å². The maximum absolute atomic E-state index is 5.43. The number of rotatable bonds is 5. The number of hydrogen-bond donors (Lipinski definition) is 0. The van der Waals surface area contributed by atoms with Gasteiger partial charge >= 0.3 is 0 Å². The second-order valence-corrected chi connectivity index (χ2v) is 5.04. The Morgan fingerprint density at radius 1 is 1.47 bits per heavy atom. The molecule has 0 bridgehead atoms. The minimum absolute atomic E-state index is 0.112. The summed E-state index contributed by atoms with van der Waals surface area (Å²) in [6, 6.07) is 0. The van der Waals surface area contributed by atoms with E-state index in [-0.39, 0.29) is 5.41 Å². The molecule has 0 radical (unpaired) electrons. The minimum atomic E-state index is 0.112. The molecular weight excluding hydrogens is 220 g/mol. The van der Waals surface area contributed by atoms with E-state index in [1.807, 2.05) is 0 Å². The third kappa shape index (κ3) is 2.09. The monoisotopic (exact) mass is 238 g/mol. The molecule has 2 aliphatic rings. The molecule has 1 aliphatic carbocycles. The van der Waals surface area contributed by atoms with E-state index in [2.05, 4.69) is 10.1 Å². The lowest BCUT2D eigenvalue weighted by atomic mass is 10.0. The van der Waals surface area contributed by atoms with Crippen molar-refractivity contribution in [3.05, 3.63) is 11.7 Å². The minimum Gasteiger partial charge on any atom is -0.385 e. The summed E-state index contributed by atoms with van der Waals surface area (Å²) in [6.45, 7) is 2.29. The first-order chi connectivity index (χ1) is 8.34. The van der Waals surface area contributed by atoms with Crippen LogP contribution in [-0.2, 0) is 14.9 Å². The molecule has 1 saturated heterocycles. The van der Waals surface area contributed by atoms with Crippen LogP contribution in [0.25, 0.3) is 0 Å². The van der Waals surface area contributed by atoms with Crippen molar-refractivity contribution in [2.24, 2.45) is 0 Å². The van der Waals surface area contributed by atoms with Crippen molar-refractivity contribution in [1.29, 1.82) is 0 Å². The number of methoxy groups -OCH3 is 1. The molecule has 17 heavy (non-hydrogen) atoms. The molecule has 0 unspecified atom stereocenters. The number of aromatic nitrogens is 2. The van der Waals surface area contributed by atoms with Crippen LogP contribution in [0.1, 0.15) is 43.3 Å². The van der Waals surface area contributed by atoms with Gasteiger partial charge in [0.2, 0.25) is 5.89 Å². The Balaban J connectivity index is 1.71. The van der Waals surface area contributed by atoms with Crippen LogP contribution in [0.3, 0.4) is 0 Å². The van der Waals surface area contributed by atoms with Crippen LogP contribution in [0.4, 0.5) is 0 Å². The Labute approximate surface area is 100 Å². The van der Waals surface area contributed by atoms with Crippen molar-refractivity contribution in [1.82, 2.24) is 10.1 Å². The summed E-state index contributed by atoms with van der Waals surface area (Å²) in [4.78, 5) is 4.57. The first-order valence-corrected chi connectivity index (χ1v) is 6.25. The van der Waals surface area contributed by atoms with Gasteiger partial charge in [0.1, 0.15) is 0 Å². The van der Waals surface area contributed by atoms with E-state index >= 15 is 0 Å². The average molecular weight is 238 g/mol. The van der Waals surface area contributed by atoms with Crippen molar-refractivity contribution >= 4 is 0 Å². The molecule has 1 aromatic heterocycles. The zero-order chi connectivity index (χ0) is 11.7. The van der Waals surface area contributed by atoms with E-state index in [1.54, 1.807) is 7.11 Å². The zero-order valence-corrected chi connectivity index (χ0v) is 10.1. The van der Waals surface area contributed by atoms with Crippen LogP contribution < -0.4 is 0 Å². The van der Waals surface area contributed by atoms with Crippen molar-refractivity contribution in [3.8, 4) is 0 Å². The first kappa shape index (κ1) is 11.2. The molecule has 2 fully saturated rings. The van der Waals surface area contributed by atoms with Crippen molar-refractivity contribution in [2.75, 3.05) is 26.9 Å². The highest BCUT2D eigenvalue weighted by molar-refractivity contribution is 5.16. The second kappa shape index (κ2) is 4.38. The molecule has 1 saturated carbocycles. The van der Waals surface area contributed by atoms with E-state index < -0.39 is 0 Å². The summed E-state index contributed by atoms with van der Waals surface area (Å²) in [7, 11) is 1.73. The van der Waals surface area contributed by atoms with Crippen LogP contribution in [0.15, 0.2) is 4.52 Å². The Kier molecular flexibility index (Phi) is 2.88. The maximum Gasteiger partial charge on any atom is 0.232 e. The highest BCUT2D eigenvalue weighted by Gasteiger charge is 2.49. The van der Waals surface area contributed by atoms with Crippen LogP contribution in [0.5, 0.6) is 0 Å². The molecule has 0 amide bonds. The molecule has 94 valence electrons. The smallest absolute Gasteiger partial charge is 0.232 e. The fourth-order valence-corrected chi connectivity index (χ4v) is 2.37. The number of ether oxygens (including phenoxy) is 2. The molecular formula is C12H18N2O3. The lowest BCUT2D eigenvalue weighted by Gasteiger charge is -2.08. The maximum atomic E-state index is 5.43. The van der Waals surface area contributed by atoms with Crippen molar-refractivity contribution in [2.45, 2.75) is 37.0 Å². The quantitative estimate of drug-likeness (QED) is 0.780. The number of nitrogens with zero attached hydrogens (tertiary/aromatic N) is 2. The molecule has 0 aromatic carbocycles. The van der Waals surface area contributed by atoms with E-state index in [0.717, 1.165) is 57.2 Å². The Hall–Kier alpha value is -0.940. The van der Waals surface area contributed by atoms with Gasteiger partial charge in [-0.1, -0.05) is 5.16 Å².